The van der Waals surface area contributed by atoms with Crippen LogP contribution in [0.2, 0.25) is 0 Å². The molecule has 0 amide bonds. The summed E-state index contributed by atoms with van der Waals surface area (Å²) >= 11 is 0. The SMILES string of the molecule is C#CC1COC(CCc2ccc(C#Cc3ccc4cc(F)ccc4c3)cc2)OC1. The monoisotopic (exact) mass is 384 g/mol. The molecule has 0 radical (unpaired) electrons. The third-order valence-electron chi connectivity index (χ3n) is 4.98. The van der Waals surface area contributed by atoms with Gasteiger partial charge in [-0.2, -0.15) is 0 Å². The fraction of sp³-hybridized carbons (Fsp3) is 0.231. The summed E-state index contributed by atoms with van der Waals surface area (Å²) < 4.78 is 24.6. The van der Waals surface area contributed by atoms with Crippen LogP contribution < -0.4 is 0 Å². The fourth-order valence-corrected chi connectivity index (χ4v) is 3.28. The molecule has 0 atom stereocenters. The number of halogens is 1. The van der Waals surface area contributed by atoms with E-state index in [1.165, 1.54) is 17.7 Å². The molecule has 0 N–H and O–H groups in total. The van der Waals surface area contributed by atoms with Gasteiger partial charge in [-0.3, -0.25) is 0 Å². The van der Waals surface area contributed by atoms with E-state index in [4.69, 9.17) is 15.9 Å². The Labute approximate surface area is 170 Å². The summed E-state index contributed by atoms with van der Waals surface area (Å²) in [5.74, 6) is 8.87. The van der Waals surface area contributed by atoms with Crippen LogP contribution in [0.1, 0.15) is 23.1 Å². The van der Waals surface area contributed by atoms with Crippen LogP contribution >= 0.6 is 0 Å². The molecule has 2 nitrogen and oxygen atoms in total. The predicted octanol–water partition coefficient (Wildman–Crippen LogP) is 4.93. The van der Waals surface area contributed by atoms with Gasteiger partial charge in [-0.05, 0) is 59.2 Å². The number of terminal acetylenes is 1. The first-order valence-electron chi connectivity index (χ1n) is 9.69. The first-order chi connectivity index (χ1) is 14.2. The van der Waals surface area contributed by atoms with Gasteiger partial charge in [-0.15, -0.1) is 6.42 Å². The van der Waals surface area contributed by atoms with Gasteiger partial charge in [-0.1, -0.05) is 42.0 Å². The molecule has 1 aliphatic rings. The van der Waals surface area contributed by atoms with E-state index in [0.717, 1.165) is 34.7 Å². The summed E-state index contributed by atoms with van der Waals surface area (Å²) in [4.78, 5) is 0. The Morgan fingerprint density at radius 2 is 1.52 bits per heavy atom. The van der Waals surface area contributed by atoms with Crippen LogP contribution in [0.15, 0.2) is 60.7 Å². The Balaban J connectivity index is 1.35. The second kappa shape index (κ2) is 8.93. The Bertz CT molecular complexity index is 1090. The quantitative estimate of drug-likeness (QED) is 0.596. The maximum absolute atomic E-state index is 13.3. The number of ether oxygens (including phenoxy) is 2. The highest BCUT2D eigenvalue weighted by molar-refractivity contribution is 5.83. The lowest BCUT2D eigenvalue weighted by atomic mass is 10.1. The van der Waals surface area contributed by atoms with Crippen molar-refractivity contribution in [1.82, 2.24) is 0 Å². The Morgan fingerprint density at radius 3 is 2.28 bits per heavy atom. The minimum absolute atomic E-state index is 0.0628. The van der Waals surface area contributed by atoms with Crippen molar-refractivity contribution in [2.45, 2.75) is 19.1 Å². The average molecular weight is 384 g/mol. The molecule has 0 bridgehead atoms. The molecule has 29 heavy (non-hydrogen) atoms. The van der Waals surface area contributed by atoms with Crippen LogP contribution in [0.3, 0.4) is 0 Å². The van der Waals surface area contributed by atoms with E-state index in [0.29, 0.717) is 13.2 Å². The lowest BCUT2D eigenvalue weighted by molar-refractivity contribution is -0.193. The number of hydrogen-bond donors (Lipinski definition) is 0. The zero-order chi connectivity index (χ0) is 20.1. The van der Waals surface area contributed by atoms with Gasteiger partial charge < -0.3 is 9.47 Å². The molecular weight excluding hydrogens is 363 g/mol. The predicted molar refractivity (Wildman–Crippen MR) is 113 cm³/mol. The number of rotatable bonds is 3. The molecule has 4 rings (SSSR count). The Morgan fingerprint density at radius 1 is 0.862 bits per heavy atom. The summed E-state index contributed by atoms with van der Waals surface area (Å²) in [6.45, 7) is 1.14. The Kier molecular flexibility index (Phi) is 5.92. The van der Waals surface area contributed by atoms with Gasteiger partial charge in [0.25, 0.3) is 0 Å². The summed E-state index contributed by atoms with van der Waals surface area (Å²) in [5, 5.41) is 1.86. The van der Waals surface area contributed by atoms with Crippen LogP contribution in [0.4, 0.5) is 4.39 Å². The maximum Gasteiger partial charge on any atom is 0.158 e. The van der Waals surface area contributed by atoms with Gasteiger partial charge in [0.15, 0.2) is 6.29 Å². The van der Waals surface area contributed by atoms with Gasteiger partial charge >= 0.3 is 0 Å². The van der Waals surface area contributed by atoms with Crippen LogP contribution in [0.25, 0.3) is 10.8 Å². The lowest BCUT2D eigenvalue weighted by Crippen LogP contribution is -2.31. The second-order valence-corrected chi connectivity index (χ2v) is 7.15. The smallest absolute Gasteiger partial charge is 0.158 e. The van der Waals surface area contributed by atoms with Crippen molar-refractivity contribution >= 4 is 10.8 Å². The van der Waals surface area contributed by atoms with Gasteiger partial charge in [0.05, 0.1) is 19.1 Å². The van der Waals surface area contributed by atoms with E-state index in [9.17, 15) is 4.39 Å². The summed E-state index contributed by atoms with van der Waals surface area (Å²) in [6.07, 6.45) is 6.89. The van der Waals surface area contributed by atoms with E-state index in [2.05, 4.69) is 29.9 Å². The summed E-state index contributed by atoms with van der Waals surface area (Å²) in [6, 6.07) is 18.8. The van der Waals surface area contributed by atoms with Crippen LogP contribution in [0, 0.1) is 35.9 Å². The molecule has 1 fully saturated rings. The zero-order valence-electron chi connectivity index (χ0n) is 16.0. The molecule has 0 aromatic heterocycles. The molecule has 1 aliphatic heterocycles. The number of hydrogen-bond acceptors (Lipinski definition) is 2. The summed E-state index contributed by atoms with van der Waals surface area (Å²) in [5.41, 5.74) is 3.08. The molecule has 0 saturated carbocycles. The second-order valence-electron chi connectivity index (χ2n) is 7.15. The largest absolute Gasteiger partial charge is 0.351 e. The van der Waals surface area contributed by atoms with Gasteiger partial charge in [0, 0.05) is 17.5 Å². The molecule has 0 spiro atoms. The van der Waals surface area contributed by atoms with Crippen LogP contribution in [0.5, 0.6) is 0 Å². The highest BCUT2D eigenvalue weighted by Crippen LogP contribution is 2.18. The molecule has 0 unspecified atom stereocenters. The minimum Gasteiger partial charge on any atom is -0.351 e. The average Bonchev–Trinajstić information content (AvgIpc) is 2.77. The maximum atomic E-state index is 13.3. The highest BCUT2D eigenvalue weighted by atomic mass is 19.1. The van der Waals surface area contributed by atoms with Crippen molar-refractivity contribution in [3.8, 4) is 24.2 Å². The molecular formula is C26H21FO2. The van der Waals surface area contributed by atoms with Crippen molar-refractivity contribution in [1.29, 1.82) is 0 Å². The number of aryl methyl sites for hydroxylation is 1. The van der Waals surface area contributed by atoms with E-state index < -0.39 is 0 Å². The van der Waals surface area contributed by atoms with Gasteiger partial charge in [0.2, 0.25) is 0 Å². The minimum atomic E-state index is -0.227. The van der Waals surface area contributed by atoms with Crippen LogP contribution in [-0.2, 0) is 15.9 Å². The van der Waals surface area contributed by atoms with E-state index in [1.807, 2.05) is 30.3 Å². The van der Waals surface area contributed by atoms with Crippen LogP contribution in [-0.4, -0.2) is 19.5 Å². The number of benzene rings is 3. The van der Waals surface area contributed by atoms with Gasteiger partial charge in [0.1, 0.15) is 5.82 Å². The van der Waals surface area contributed by atoms with Crippen molar-refractivity contribution in [3.63, 3.8) is 0 Å². The molecule has 144 valence electrons. The lowest BCUT2D eigenvalue weighted by Gasteiger charge is -2.26. The normalized spacial score (nSPS) is 18.6. The molecule has 3 aromatic carbocycles. The topological polar surface area (TPSA) is 18.5 Å². The Hall–Kier alpha value is -3.11. The first-order valence-corrected chi connectivity index (χ1v) is 9.69. The van der Waals surface area contributed by atoms with Crippen molar-refractivity contribution in [2.24, 2.45) is 5.92 Å². The van der Waals surface area contributed by atoms with E-state index in [-0.39, 0.29) is 18.0 Å². The van der Waals surface area contributed by atoms with E-state index >= 15 is 0 Å². The highest BCUT2D eigenvalue weighted by Gasteiger charge is 2.20. The van der Waals surface area contributed by atoms with Crippen molar-refractivity contribution < 1.29 is 13.9 Å². The number of fused-ring (bicyclic) bond motifs is 1. The van der Waals surface area contributed by atoms with E-state index in [1.54, 1.807) is 6.07 Å². The first kappa shape index (κ1) is 19.2. The fourth-order valence-electron chi connectivity index (χ4n) is 3.28. The molecule has 1 heterocycles. The van der Waals surface area contributed by atoms with Crippen molar-refractivity contribution in [3.05, 3.63) is 83.2 Å². The molecule has 0 aliphatic carbocycles. The molecule has 1 saturated heterocycles. The standard InChI is InChI=1S/C26H21FO2/c1-2-19-17-28-26(29-18-19)14-10-21-5-3-20(4-6-21)7-8-22-9-11-24-16-25(27)13-12-23(24)15-22/h1,3-6,9,11-13,15-16,19,26H,10,14,17-18H2. The van der Waals surface area contributed by atoms with Gasteiger partial charge in [-0.25, -0.2) is 4.39 Å². The third kappa shape index (κ3) is 5.04. The summed E-state index contributed by atoms with van der Waals surface area (Å²) in [7, 11) is 0. The zero-order valence-corrected chi connectivity index (χ0v) is 16.0. The van der Waals surface area contributed by atoms with Crippen molar-refractivity contribution in [2.75, 3.05) is 13.2 Å². The molecule has 3 aromatic rings. The molecule has 3 heteroatoms. The third-order valence-corrected chi connectivity index (χ3v) is 4.98.